The Labute approximate surface area is 44.0 Å². The summed E-state index contributed by atoms with van der Waals surface area (Å²) < 4.78 is 0. The van der Waals surface area contributed by atoms with E-state index in [1.165, 1.54) is 0 Å². The number of hydrogen-bond donors (Lipinski definition) is 1. The predicted molar refractivity (Wildman–Crippen MR) is 31.0 cm³/mol. The summed E-state index contributed by atoms with van der Waals surface area (Å²) in [6.07, 6.45) is 3.43. The van der Waals surface area contributed by atoms with Gasteiger partial charge in [0, 0.05) is 0 Å². The minimum atomic E-state index is 0.104. The number of aliphatic hydroxyl groups is 1. The summed E-state index contributed by atoms with van der Waals surface area (Å²) in [5.41, 5.74) is 0.967. The molecule has 0 atom stereocenters. The number of rotatable bonds is 2. The van der Waals surface area contributed by atoms with Crippen LogP contribution in [0.3, 0.4) is 0 Å². The van der Waals surface area contributed by atoms with E-state index in [0.29, 0.717) is 0 Å². The van der Waals surface area contributed by atoms with Crippen LogP contribution in [-0.4, -0.2) is 11.7 Å². The van der Waals surface area contributed by atoms with Gasteiger partial charge < -0.3 is 5.11 Å². The van der Waals surface area contributed by atoms with Gasteiger partial charge in [0.1, 0.15) is 0 Å². The first-order chi connectivity index (χ1) is 3.27. The molecule has 7 heavy (non-hydrogen) atoms. The quantitative estimate of drug-likeness (QED) is 0.513. The van der Waals surface area contributed by atoms with Gasteiger partial charge >= 0.3 is 0 Å². The van der Waals surface area contributed by atoms with Gasteiger partial charge in [-0.3, -0.25) is 0 Å². The third-order valence-corrected chi connectivity index (χ3v) is 0.508. The molecule has 0 bridgehead atoms. The Hall–Kier alpha value is -0.560. The maximum absolute atomic E-state index is 8.19. The van der Waals surface area contributed by atoms with Gasteiger partial charge in [0.2, 0.25) is 0 Å². The van der Waals surface area contributed by atoms with E-state index in [9.17, 15) is 0 Å². The van der Waals surface area contributed by atoms with Gasteiger partial charge in [-0.25, -0.2) is 0 Å². The molecular weight excluding hydrogens is 88.1 g/mol. The predicted octanol–water partition coefficient (Wildman–Crippen LogP) is 1.11. The molecule has 0 aromatic rings. The minimum Gasteiger partial charge on any atom is -0.392 e. The zero-order valence-electron chi connectivity index (χ0n) is 4.52. The normalized spacial score (nSPS) is 10.0. The van der Waals surface area contributed by atoms with E-state index in [1.54, 1.807) is 12.2 Å². The second-order valence-electron chi connectivity index (χ2n) is 1.43. The standard InChI is InChI=1S/C6H10O/c1-6(2)4-3-5-7/h3-4,7H,1,5H2,2H3/b4-3-. The third kappa shape index (κ3) is 5.44. The zero-order chi connectivity index (χ0) is 5.70. The average molecular weight is 98.1 g/mol. The lowest BCUT2D eigenvalue weighted by molar-refractivity contribution is 0.342. The van der Waals surface area contributed by atoms with Crippen LogP contribution in [0.25, 0.3) is 0 Å². The second-order valence-corrected chi connectivity index (χ2v) is 1.43. The van der Waals surface area contributed by atoms with Crippen molar-refractivity contribution >= 4 is 0 Å². The van der Waals surface area contributed by atoms with Crippen LogP contribution in [0, 0.1) is 0 Å². The highest BCUT2D eigenvalue weighted by molar-refractivity contribution is 5.10. The Morgan fingerprint density at radius 1 is 1.86 bits per heavy atom. The van der Waals surface area contributed by atoms with Crippen LogP contribution < -0.4 is 0 Å². The highest BCUT2D eigenvalue weighted by Crippen LogP contribution is 1.85. The molecule has 1 nitrogen and oxygen atoms in total. The lowest BCUT2D eigenvalue weighted by Crippen LogP contribution is -1.69. The Morgan fingerprint density at radius 2 is 2.43 bits per heavy atom. The maximum atomic E-state index is 8.19. The van der Waals surface area contributed by atoms with Gasteiger partial charge in [-0.2, -0.15) is 0 Å². The maximum Gasteiger partial charge on any atom is 0.0615 e. The molecule has 0 aliphatic carbocycles. The topological polar surface area (TPSA) is 20.2 Å². The third-order valence-electron chi connectivity index (χ3n) is 0.508. The molecule has 0 fully saturated rings. The molecule has 0 aromatic carbocycles. The van der Waals surface area contributed by atoms with Crippen molar-refractivity contribution in [1.82, 2.24) is 0 Å². The first-order valence-electron chi connectivity index (χ1n) is 2.20. The zero-order valence-corrected chi connectivity index (χ0v) is 4.52. The SMILES string of the molecule is C=C(C)/C=C\CO. The molecule has 0 aliphatic rings. The van der Waals surface area contributed by atoms with Crippen molar-refractivity contribution in [3.05, 3.63) is 24.3 Å². The number of aliphatic hydroxyl groups excluding tert-OH is 1. The van der Waals surface area contributed by atoms with Crippen LogP contribution in [0.1, 0.15) is 6.92 Å². The summed E-state index contributed by atoms with van der Waals surface area (Å²) in [7, 11) is 0. The Bertz CT molecular complexity index is 82.2. The van der Waals surface area contributed by atoms with E-state index < -0.39 is 0 Å². The van der Waals surface area contributed by atoms with Crippen LogP contribution in [0.5, 0.6) is 0 Å². The van der Waals surface area contributed by atoms with Crippen molar-refractivity contribution in [2.75, 3.05) is 6.61 Å². The summed E-state index contributed by atoms with van der Waals surface area (Å²) in [6.45, 7) is 5.58. The Kier molecular flexibility index (Phi) is 3.33. The van der Waals surface area contributed by atoms with E-state index in [2.05, 4.69) is 6.58 Å². The largest absolute Gasteiger partial charge is 0.392 e. The molecule has 1 N–H and O–H groups in total. The minimum absolute atomic E-state index is 0.104. The van der Waals surface area contributed by atoms with Crippen molar-refractivity contribution < 1.29 is 5.11 Å². The van der Waals surface area contributed by atoms with Gasteiger partial charge in [0.25, 0.3) is 0 Å². The fraction of sp³-hybridized carbons (Fsp3) is 0.333. The first kappa shape index (κ1) is 6.44. The fourth-order valence-electron chi connectivity index (χ4n) is 0.254. The van der Waals surface area contributed by atoms with E-state index in [4.69, 9.17) is 5.11 Å². The van der Waals surface area contributed by atoms with Crippen molar-refractivity contribution in [3.63, 3.8) is 0 Å². The van der Waals surface area contributed by atoms with Gasteiger partial charge in [-0.15, -0.1) is 0 Å². The van der Waals surface area contributed by atoms with Crippen LogP contribution in [0.15, 0.2) is 24.3 Å². The molecule has 0 heterocycles. The fourth-order valence-corrected chi connectivity index (χ4v) is 0.254. The van der Waals surface area contributed by atoms with Gasteiger partial charge in [0.05, 0.1) is 6.61 Å². The molecule has 0 aliphatic heterocycles. The number of hydrogen-bond acceptors (Lipinski definition) is 1. The molecule has 1 heteroatoms. The molecule has 0 rings (SSSR count). The molecular formula is C6H10O. The van der Waals surface area contributed by atoms with Gasteiger partial charge in [-0.1, -0.05) is 24.3 Å². The lowest BCUT2D eigenvalue weighted by Gasteiger charge is -1.79. The van der Waals surface area contributed by atoms with Crippen LogP contribution in [0.4, 0.5) is 0 Å². The van der Waals surface area contributed by atoms with E-state index in [0.717, 1.165) is 5.57 Å². The molecule has 0 spiro atoms. The Balaban J connectivity index is 3.26. The van der Waals surface area contributed by atoms with E-state index in [-0.39, 0.29) is 6.61 Å². The summed E-state index contributed by atoms with van der Waals surface area (Å²) in [6, 6.07) is 0. The molecule has 40 valence electrons. The van der Waals surface area contributed by atoms with E-state index in [1.807, 2.05) is 6.92 Å². The smallest absolute Gasteiger partial charge is 0.0615 e. The van der Waals surface area contributed by atoms with Gasteiger partial charge in [-0.05, 0) is 6.92 Å². The van der Waals surface area contributed by atoms with Crippen molar-refractivity contribution in [2.24, 2.45) is 0 Å². The highest BCUT2D eigenvalue weighted by Gasteiger charge is 1.68. The van der Waals surface area contributed by atoms with Crippen LogP contribution >= 0.6 is 0 Å². The van der Waals surface area contributed by atoms with Crippen molar-refractivity contribution in [3.8, 4) is 0 Å². The number of allylic oxidation sites excluding steroid dienone is 2. The Morgan fingerprint density at radius 3 is 2.57 bits per heavy atom. The molecule has 0 unspecified atom stereocenters. The molecule has 0 saturated heterocycles. The summed E-state index contributed by atoms with van der Waals surface area (Å²) >= 11 is 0. The van der Waals surface area contributed by atoms with Crippen LogP contribution in [0.2, 0.25) is 0 Å². The summed E-state index contributed by atoms with van der Waals surface area (Å²) in [5.74, 6) is 0. The monoisotopic (exact) mass is 98.1 g/mol. The van der Waals surface area contributed by atoms with Gasteiger partial charge in [0.15, 0.2) is 0 Å². The molecule has 0 saturated carbocycles. The lowest BCUT2D eigenvalue weighted by atomic mass is 10.3. The van der Waals surface area contributed by atoms with Crippen molar-refractivity contribution in [2.45, 2.75) is 6.92 Å². The van der Waals surface area contributed by atoms with E-state index >= 15 is 0 Å². The average Bonchev–Trinajstić information content (AvgIpc) is 1.61. The molecule has 0 amide bonds. The molecule has 0 radical (unpaired) electrons. The second kappa shape index (κ2) is 3.62. The summed E-state index contributed by atoms with van der Waals surface area (Å²) in [5, 5.41) is 8.19. The van der Waals surface area contributed by atoms with Crippen LogP contribution in [-0.2, 0) is 0 Å². The summed E-state index contributed by atoms with van der Waals surface area (Å²) in [4.78, 5) is 0. The molecule has 0 aromatic heterocycles. The van der Waals surface area contributed by atoms with Crippen molar-refractivity contribution in [1.29, 1.82) is 0 Å². The highest BCUT2D eigenvalue weighted by atomic mass is 16.2. The first-order valence-corrected chi connectivity index (χ1v) is 2.20.